The van der Waals surface area contributed by atoms with Gasteiger partial charge in [-0.3, -0.25) is 19.9 Å². The van der Waals surface area contributed by atoms with Gasteiger partial charge in [0.1, 0.15) is 6.61 Å². The number of anilines is 1. The number of carbonyl (C=O) groups is 1. The maximum Gasteiger partial charge on any atom is 0.270 e. The summed E-state index contributed by atoms with van der Waals surface area (Å²) in [6, 6.07) is 14.5. The molecule has 1 aliphatic rings. The molecule has 2 N–H and O–H groups in total. The van der Waals surface area contributed by atoms with Crippen LogP contribution in [0.4, 0.5) is 17.1 Å². The van der Waals surface area contributed by atoms with E-state index in [1.807, 2.05) is 24.3 Å². The van der Waals surface area contributed by atoms with Gasteiger partial charge in [0.2, 0.25) is 0 Å². The SMILES string of the molecule is C=Nc1cc(OCc2cc(CO)cc([N+](=O)[O-])c2)c(O)cc1C(=O)N1CCc2ccccc21. The first-order valence-electron chi connectivity index (χ1n) is 10.2. The lowest BCUT2D eigenvalue weighted by molar-refractivity contribution is -0.385. The van der Waals surface area contributed by atoms with E-state index >= 15 is 0 Å². The Bertz CT molecular complexity index is 1260. The number of non-ortho nitro benzene ring substituents is 1. The number of nitro groups is 1. The summed E-state index contributed by atoms with van der Waals surface area (Å²) in [6.07, 6.45) is 0.741. The van der Waals surface area contributed by atoms with Crippen molar-refractivity contribution in [2.75, 3.05) is 11.4 Å². The largest absolute Gasteiger partial charge is 0.504 e. The summed E-state index contributed by atoms with van der Waals surface area (Å²) in [4.78, 5) is 29.3. The Labute approximate surface area is 189 Å². The molecule has 1 aliphatic heterocycles. The second kappa shape index (κ2) is 9.09. The smallest absolute Gasteiger partial charge is 0.270 e. The molecule has 168 valence electrons. The predicted molar refractivity (Wildman–Crippen MR) is 122 cm³/mol. The lowest BCUT2D eigenvalue weighted by Crippen LogP contribution is -2.28. The van der Waals surface area contributed by atoms with Crippen molar-refractivity contribution < 1.29 is 24.7 Å². The Hall–Kier alpha value is -4.24. The van der Waals surface area contributed by atoms with Gasteiger partial charge in [-0.2, -0.15) is 0 Å². The zero-order valence-electron chi connectivity index (χ0n) is 17.6. The Morgan fingerprint density at radius 2 is 1.94 bits per heavy atom. The Morgan fingerprint density at radius 3 is 2.67 bits per heavy atom. The molecule has 33 heavy (non-hydrogen) atoms. The average molecular weight is 447 g/mol. The van der Waals surface area contributed by atoms with Gasteiger partial charge >= 0.3 is 0 Å². The molecule has 0 saturated heterocycles. The molecule has 4 rings (SSSR count). The molecule has 3 aromatic carbocycles. The van der Waals surface area contributed by atoms with Gasteiger partial charge in [-0.25, -0.2) is 0 Å². The number of aromatic hydroxyl groups is 1. The van der Waals surface area contributed by atoms with E-state index in [0.29, 0.717) is 17.7 Å². The van der Waals surface area contributed by atoms with Crippen LogP contribution in [-0.2, 0) is 19.6 Å². The van der Waals surface area contributed by atoms with Crippen LogP contribution in [0.25, 0.3) is 0 Å². The van der Waals surface area contributed by atoms with Crippen molar-refractivity contribution in [2.24, 2.45) is 4.99 Å². The van der Waals surface area contributed by atoms with Gasteiger partial charge in [-0.15, -0.1) is 0 Å². The molecule has 1 heterocycles. The van der Waals surface area contributed by atoms with E-state index in [9.17, 15) is 25.1 Å². The number of nitro benzene ring substituents is 1. The molecule has 9 nitrogen and oxygen atoms in total. The lowest BCUT2D eigenvalue weighted by atomic mass is 10.1. The molecule has 0 atom stereocenters. The van der Waals surface area contributed by atoms with Crippen molar-refractivity contribution in [2.45, 2.75) is 19.6 Å². The summed E-state index contributed by atoms with van der Waals surface area (Å²) >= 11 is 0. The number of fused-ring (bicyclic) bond motifs is 1. The van der Waals surface area contributed by atoms with Crippen LogP contribution in [0.15, 0.2) is 59.6 Å². The predicted octanol–water partition coefficient (Wildman–Crippen LogP) is 3.91. The standard InChI is InChI=1S/C24H21N3O6/c1-25-20-12-23(33-14-16-8-15(13-28)9-18(10-16)27(31)32)22(29)11-19(20)24(30)26-7-6-17-4-2-3-5-21(17)26/h2-5,8-12,28-29H,1,6-7,13-14H2. The van der Waals surface area contributed by atoms with E-state index in [1.54, 1.807) is 11.0 Å². The second-order valence-corrected chi connectivity index (χ2v) is 7.54. The van der Waals surface area contributed by atoms with E-state index in [1.165, 1.54) is 24.3 Å². The highest BCUT2D eigenvalue weighted by molar-refractivity contribution is 6.10. The van der Waals surface area contributed by atoms with Gasteiger partial charge < -0.3 is 19.8 Å². The molecule has 9 heteroatoms. The van der Waals surface area contributed by atoms with Crippen LogP contribution >= 0.6 is 0 Å². The zero-order chi connectivity index (χ0) is 23.5. The summed E-state index contributed by atoms with van der Waals surface area (Å²) in [5.74, 6) is -0.533. The quantitative estimate of drug-likeness (QED) is 0.321. The van der Waals surface area contributed by atoms with Crippen molar-refractivity contribution >= 4 is 29.7 Å². The number of aliphatic hydroxyl groups is 1. The van der Waals surface area contributed by atoms with Crippen LogP contribution in [0, 0.1) is 10.1 Å². The van der Waals surface area contributed by atoms with Crippen molar-refractivity contribution in [3.63, 3.8) is 0 Å². The monoisotopic (exact) mass is 447 g/mol. The minimum Gasteiger partial charge on any atom is -0.504 e. The number of benzene rings is 3. The highest BCUT2D eigenvalue weighted by atomic mass is 16.6. The summed E-state index contributed by atoms with van der Waals surface area (Å²) < 4.78 is 5.65. The molecular weight excluding hydrogens is 426 g/mol. The fraction of sp³-hybridized carbons (Fsp3) is 0.167. The minimum atomic E-state index is -0.559. The van der Waals surface area contributed by atoms with E-state index in [4.69, 9.17) is 4.74 Å². The molecular formula is C24H21N3O6. The lowest BCUT2D eigenvalue weighted by Gasteiger charge is -2.19. The van der Waals surface area contributed by atoms with Crippen LogP contribution < -0.4 is 9.64 Å². The number of amides is 1. The van der Waals surface area contributed by atoms with Crippen LogP contribution in [0.1, 0.15) is 27.0 Å². The molecule has 1 amide bonds. The maximum absolute atomic E-state index is 13.2. The van der Waals surface area contributed by atoms with Crippen molar-refractivity contribution in [1.82, 2.24) is 0 Å². The molecule has 0 unspecified atom stereocenters. The van der Waals surface area contributed by atoms with Gasteiger partial charge in [0.25, 0.3) is 11.6 Å². The van der Waals surface area contributed by atoms with E-state index in [0.717, 1.165) is 17.7 Å². The Morgan fingerprint density at radius 1 is 1.18 bits per heavy atom. The van der Waals surface area contributed by atoms with Crippen LogP contribution in [0.5, 0.6) is 11.5 Å². The van der Waals surface area contributed by atoms with Gasteiger partial charge in [0.15, 0.2) is 11.5 Å². The van der Waals surface area contributed by atoms with Gasteiger partial charge in [0.05, 0.1) is 22.8 Å². The van der Waals surface area contributed by atoms with Gasteiger partial charge in [-0.1, -0.05) is 18.2 Å². The zero-order valence-corrected chi connectivity index (χ0v) is 17.6. The number of carbonyl (C=O) groups excluding carboxylic acids is 1. The van der Waals surface area contributed by atoms with E-state index in [-0.39, 0.29) is 47.6 Å². The fourth-order valence-corrected chi connectivity index (χ4v) is 3.85. The number of hydrogen-bond donors (Lipinski definition) is 2. The van der Waals surface area contributed by atoms with Crippen LogP contribution in [-0.4, -0.2) is 34.3 Å². The summed E-state index contributed by atoms with van der Waals surface area (Å²) in [5, 5.41) is 31.0. The van der Waals surface area contributed by atoms with E-state index < -0.39 is 4.92 Å². The first kappa shape index (κ1) is 22.0. The van der Waals surface area contributed by atoms with E-state index in [2.05, 4.69) is 11.7 Å². The molecule has 0 radical (unpaired) electrons. The number of rotatable bonds is 7. The number of phenolic OH excluding ortho intramolecular Hbond substituents is 1. The van der Waals surface area contributed by atoms with Crippen molar-refractivity contribution in [3.8, 4) is 11.5 Å². The maximum atomic E-state index is 13.2. The Kier molecular flexibility index (Phi) is 6.05. The number of phenols is 1. The third-order valence-corrected chi connectivity index (χ3v) is 5.44. The summed E-state index contributed by atoms with van der Waals surface area (Å²) in [6.45, 7) is 3.58. The number of hydrogen-bond acceptors (Lipinski definition) is 7. The normalized spacial score (nSPS) is 12.3. The van der Waals surface area contributed by atoms with Crippen molar-refractivity contribution in [1.29, 1.82) is 0 Å². The fourth-order valence-electron chi connectivity index (χ4n) is 3.85. The topological polar surface area (TPSA) is 125 Å². The third kappa shape index (κ3) is 4.39. The first-order valence-corrected chi connectivity index (χ1v) is 10.2. The highest BCUT2D eigenvalue weighted by Gasteiger charge is 2.27. The number of aliphatic hydroxyl groups excluding tert-OH is 1. The van der Waals surface area contributed by atoms with Gasteiger partial charge in [-0.05, 0) is 48.0 Å². The number of para-hydroxylation sites is 1. The molecule has 0 saturated carbocycles. The number of nitrogens with zero attached hydrogens (tertiary/aromatic N) is 3. The minimum absolute atomic E-state index is 0.0489. The molecule has 0 bridgehead atoms. The number of ether oxygens (including phenoxy) is 1. The first-order chi connectivity index (χ1) is 15.9. The van der Waals surface area contributed by atoms with Crippen LogP contribution in [0.2, 0.25) is 0 Å². The Balaban J connectivity index is 1.59. The molecule has 0 fully saturated rings. The van der Waals surface area contributed by atoms with Gasteiger partial charge in [0, 0.05) is 30.4 Å². The number of aliphatic imine (C=N–C) groups is 1. The highest BCUT2D eigenvalue weighted by Crippen LogP contribution is 2.37. The average Bonchev–Trinajstić information content (AvgIpc) is 3.26. The molecule has 3 aromatic rings. The molecule has 0 aromatic heterocycles. The molecule has 0 aliphatic carbocycles. The summed E-state index contributed by atoms with van der Waals surface area (Å²) in [7, 11) is 0. The third-order valence-electron chi connectivity index (χ3n) is 5.44. The second-order valence-electron chi connectivity index (χ2n) is 7.54. The van der Waals surface area contributed by atoms with Crippen LogP contribution in [0.3, 0.4) is 0 Å². The van der Waals surface area contributed by atoms with Crippen molar-refractivity contribution in [3.05, 3.63) is 87.0 Å². The molecule has 0 spiro atoms. The summed E-state index contributed by atoms with van der Waals surface area (Å²) in [5.41, 5.74) is 2.95.